The highest BCUT2D eigenvalue weighted by molar-refractivity contribution is 5.97. The lowest BCUT2D eigenvalue weighted by molar-refractivity contribution is 0.0620. The summed E-state index contributed by atoms with van der Waals surface area (Å²) in [5.74, 6) is -1.70. The minimum atomic E-state index is -0.746. The molecule has 1 N–H and O–H groups in total. The highest BCUT2D eigenvalue weighted by Crippen LogP contribution is 2.21. The van der Waals surface area contributed by atoms with E-state index >= 15 is 0 Å². The summed E-state index contributed by atoms with van der Waals surface area (Å²) in [6.45, 7) is 1.24. The first kappa shape index (κ1) is 15.4. The highest BCUT2D eigenvalue weighted by Gasteiger charge is 2.22. The number of hydrogen-bond donors (Lipinski definition) is 1. The van der Waals surface area contributed by atoms with Crippen LogP contribution < -0.4 is 0 Å². The molecule has 0 aliphatic rings. The van der Waals surface area contributed by atoms with Crippen LogP contribution in [-0.2, 0) is 9.47 Å². The Bertz CT molecular complexity index is 397. The van der Waals surface area contributed by atoms with Gasteiger partial charge >= 0.3 is 0 Å². The van der Waals surface area contributed by atoms with Gasteiger partial charge in [-0.1, -0.05) is 6.07 Å². The first-order valence-corrected chi connectivity index (χ1v) is 5.86. The number of hydrogen-bond acceptors (Lipinski definition) is 4. The number of carbonyl (C=O) groups is 1. The second-order valence-electron chi connectivity index (χ2n) is 3.91. The van der Waals surface area contributed by atoms with Crippen molar-refractivity contribution >= 4 is 5.91 Å². The number of aromatic hydroxyl groups is 1. The predicted octanol–water partition coefficient (Wildman–Crippen LogP) is 1.27. The van der Waals surface area contributed by atoms with E-state index in [0.717, 1.165) is 6.07 Å². The number of methoxy groups -OCH3 is 2. The first-order valence-electron chi connectivity index (χ1n) is 5.86. The largest absolute Gasteiger partial charge is 0.507 e. The zero-order valence-corrected chi connectivity index (χ0v) is 11.1. The molecule has 1 aromatic rings. The van der Waals surface area contributed by atoms with Gasteiger partial charge in [-0.15, -0.1) is 0 Å². The molecule has 0 heterocycles. The summed E-state index contributed by atoms with van der Waals surface area (Å²) in [7, 11) is 3.03. The molecule has 0 aliphatic carbocycles. The number of phenols is 1. The van der Waals surface area contributed by atoms with Gasteiger partial charge < -0.3 is 19.5 Å². The monoisotopic (exact) mass is 271 g/mol. The van der Waals surface area contributed by atoms with Crippen molar-refractivity contribution in [2.45, 2.75) is 0 Å². The van der Waals surface area contributed by atoms with E-state index in [1.807, 2.05) is 0 Å². The van der Waals surface area contributed by atoms with Gasteiger partial charge in [0.2, 0.25) is 0 Å². The zero-order chi connectivity index (χ0) is 14.3. The van der Waals surface area contributed by atoms with E-state index in [1.165, 1.54) is 31.3 Å². The third kappa shape index (κ3) is 4.18. The van der Waals surface area contributed by atoms with Gasteiger partial charge in [-0.3, -0.25) is 4.79 Å². The fraction of sp³-hybridized carbons (Fsp3) is 0.462. The molecule has 0 fully saturated rings. The third-order valence-electron chi connectivity index (χ3n) is 2.62. The maximum absolute atomic E-state index is 13.6. The summed E-state index contributed by atoms with van der Waals surface area (Å²) >= 11 is 0. The summed E-state index contributed by atoms with van der Waals surface area (Å²) in [5.41, 5.74) is -0.324. The van der Waals surface area contributed by atoms with E-state index in [0.29, 0.717) is 26.3 Å². The van der Waals surface area contributed by atoms with Gasteiger partial charge in [0.1, 0.15) is 17.1 Å². The second kappa shape index (κ2) is 7.70. The molecular formula is C13H18FNO4. The summed E-state index contributed by atoms with van der Waals surface area (Å²) < 4.78 is 23.5. The average molecular weight is 271 g/mol. The van der Waals surface area contributed by atoms with Gasteiger partial charge in [0.05, 0.1) is 13.2 Å². The first-order chi connectivity index (χ1) is 9.11. The number of rotatable bonds is 7. The molecule has 106 valence electrons. The highest BCUT2D eigenvalue weighted by atomic mass is 19.1. The van der Waals surface area contributed by atoms with Crippen molar-refractivity contribution in [2.24, 2.45) is 0 Å². The molecule has 0 saturated heterocycles. The van der Waals surface area contributed by atoms with Crippen molar-refractivity contribution in [1.29, 1.82) is 0 Å². The van der Waals surface area contributed by atoms with Crippen molar-refractivity contribution in [2.75, 3.05) is 40.5 Å². The standard InChI is InChI=1S/C13H18FNO4/c1-18-8-6-15(7-9-19-2)13(17)12-10(14)4-3-5-11(12)16/h3-5,16H,6-9H2,1-2H3. The van der Waals surface area contributed by atoms with Crippen LogP contribution in [0.25, 0.3) is 0 Å². The Kier molecular flexibility index (Phi) is 6.24. The maximum atomic E-state index is 13.6. The topological polar surface area (TPSA) is 59.0 Å². The van der Waals surface area contributed by atoms with Crippen LogP contribution in [0.5, 0.6) is 5.75 Å². The predicted molar refractivity (Wildman–Crippen MR) is 67.7 cm³/mol. The molecule has 0 spiro atoms. The molecule has 5 nitrogen and oxygen atoms in total. The van der Waals surface area contributed by atoms with Gasteiger partial charge in [0.15, 0.2) is 0 Å². The summed E-state index contributed by atoms with van der Waals surface area (Å²) in [4.78, 5) is 13.6. The van der Waals surface area contributed by atoms with Crippen molar-refractivity contribution in [3.05, 3.63) is 29.6 Å². The molecule has 19 heavy (non-hydrogen) atoms. The van der Waals surface area contributed by atoms with Gasteiger partial charge in [-0.05, 0) is 12.1 Å². The lowest BCUT2D eigenvalue weighted by Crippen LogP contribution is -2.37. The van der Waals surface area contributed by atoms with Gasteiger partial charge in [0.25, 0.3) is 5.91 Å². The van der Waals surface area contributed by atoms with Crippen LogP contribution in [0, 0.1) is 5.82 Å². The van der Waals surface area contributed by atoms with E-state index in [9.17, 15) is 14.3 Å². The Balaban J connectivity index is 2.91. The molecule has 0 aliphatic heterocycles. The molecule has 0 radical (unpaired) electrons. The van der Waals surface area contributed by atoms with Gasteiger partial charge in [0, 0.05) is 27.3 Å². The van der Waals surface area contributed by atoms with E-state index in [1.54, 1.807) is 0 Å². The number of benzene rings is 1. The number of nitrogens with zero attached hydrogens (tertiary/aromatic N) is 1. The summed E-state index contributed by atoms with van der Waals surface area (Å²) in [6.07, 6.45) is 0. The van der Waals surface area contributed by atoms with Crippen LogP contribution in [0.1, 0.15) is 10.4 Å². The Labute approximate surface area is 111 Å². The normalized spacial score (nSPS) is 10.5. The second-order valence-corrected chi connectivity index (χ2v) is 3.91. The quantitative estimate of drug-likeness (QED) is 0.811. The molecular weight excluding hydrogens is 253 g/mol. The Morgan fingerprint density at radius 3 is 2.32 bits per heavy atom. The number of ether oxygens (including phenoxy) is 2. The number of amides is 1. The molecule has 6 heteroatoms. The average Bonchev–Trinajstić information content (AvgIpc) is 2.38. The van der Waals surface area contributed by atoms with Crippen LogP contribution in [0.15, 0.2) is 18.2 Å². The summed E-state index contributed by atoms with van der Waals surface area (Å²) in [5, 5.41) is 9.61. The minimum Gasteiger partial charge on any atom is -0.507 e. The summed E-state index contributed by atoms with van der Waals surface area (Å²) in [6, 6.07) is 3.76. The molecule has 1 amide bonds. The fourth-order valence-electron chi connectivity index (χ4n) is 1.60. The SMILES string of the molecule is COCCN(CCOC)C(=O)c1c(O)cccc1F. The molecule has 0 atom stereocenters. The fourth-order valence-corrected chi connectivity index (χ4v) is 1.60. The third-order valence-corrected chi connectivity index (χ3v) is 2.62. The molecule has 0 aromatic heterocycles. The molecule has 1 rings (SSSR count). The molecule has 0 bridgehead atoms. The van der Waals surface area contributed by atoms with Gasteiger partial charge in [-0.25, -0.2) is 4.39 Å². The van der Waals surface area contributed by atoms with E-state index in [-0.39, 0.29) is 11.3 Å². The van der Waals surface area contributed by atoms with E-state index in [4.69, 9.17) is 9.47 Å². The maximum Gasteiger partial charge on any atom is 0.260 e. The zero-order valence-electron chi connectivity index (χ0n) is 11.1. The Morgan fingerprint density at radius 2 is 1.84 bits per heavy atom. The van der Waals surface area contributed by atoms with Crippen molar-refractivity contribution in [3.63, 3.8) is 0 Å². The van der Waals surface area contributed by atoms with Crippen LogP contribution in [0.3, 0.4) is 0 Å². The Hall–Kier alpha value is -1.66. The molecule has 0 unspecified atom stereocenters. The lowest BCUT2D eigenvalue weighted by atomic mass is 10.1. The van der Waals surface area contributed by atoms with Crippen molar-refractivity contribution in [3.8, 4) is 5.75 Å². The van der Waals surface area contributed by atoms with E-state index in [2.05, 4.69) is 0 Å². The van der Waals surface area contributed by atoms with Crippen LogP contribution >= 0.6 is 0 Å². The molecule has 1 aromatic carbocycles. The van der Waals surface area contributed by atoms with E-state index < -0.39 is 11.7 Å². The van der Waals surface area contributed by atoms with Crippen molar-refractivity contribution in [1.82, 2.24) is 4.90 Å². The van der Waals surface area contributed by atoms with Crippen LogP contribution in [0.4, 0.5) is 4.39 Å². The smallest absolute Gasteiger partial charge is 0.260 e. The minimum absolute atomic E-state index is 0.298. The number of phenolic OH excluding ortho intramolecular Hbond substituents is 1. The number of carbonyl (C=O) groups excluding carboxylic acids is 1. The van der Waals surface area contributed by atoms with Gasteiger partial charge in [-0.2, -0.15) is 0 Å². The molecule has 0 saturated carbocycles. The van der Waals surface area contributed by atoms with Crippen molar-refractivity contribution < 1.29 is 23.8 Å². The Morgan fingerprint density at radius 1 is 1.26 bits per heavy atom. The lowest BCUT2D eigenvalue weighted by Gasteiger charge is -2.22. The van der Waals surface area contributed by atoms with Crippen LogP contribution in [-0.4, -0.2) is 56.4 Å². The number of halogens is 1. The van der Waals surface area contributed by atoms with Crippen LogP contribution in [0.2, 0.25) is 0 Å².